The van der Waals surface area contributed by atoms with E-state index in [0.717, 1.165) is 36.7 Å². The molecule has 0 bridgehead atoms. The van der Waals surface area contributed by atoms with E-state index in [4.69, 9.17) is 16.7 Å². The highest BCUT2D eigenvalue weighted by Gasteiger charge is 2.20. The number of unbranched alkanes of at least 4 members (excludes halogenated alkanes) is 9. The Balaban J connectivity index is 0.000000287. The molecule has 2 aromatic carbocycles. The van der Waals surface area contributed by atoms with Crippen molar-refractivity contribution in [3.63, 3.8) is 0 Å². The molecule has 6 heteroatoms. The lowest BCUT2D eigenvalue weighted by Gasteiger charge is -2.22. The predicted molar refractivity (Wildman–Crippen MR) is 184 cm³/mol. The van der Waals surface area contributed by atoms with Crippen LogP contribution in [0.2, 0.25) is 5.02 Å². The van der Waals surface area contributed by atoms with E-state index in [2.05, 4.69) is 73.6 Å². The maximum absolute atomic E-state index is 10.3. The summed E-state index contributed by atoms with van der Waals surface area (Å²) in [6.07, 6.45) is 25.3. The van der Waals surface area contributed by atoms with E-state index >= 15 is 0 Å². The molecule has 0 saturated carbocycles. The molecule has 1 heterocycles. The average molecular weight is 633 g/mol. The van der Waals surface area contributed by atoms with Gasteiger partial charge in [0.25, 0.3) is 0 Å². The molecule has 1 unspecified atom stereocenters. The zero-order chi connectivity index (χ0) is 29.3. The van der Waals surface area contributed by atoms with Gasteiger partial charge in [-0.05, 0) is 93.1 Å². The molecule has 1 aliphatic carbocycles. The van der Waals surface area contributed by atoms with Gasteiger partial charge in [0.1, 0.15) is 0 Å². The molecule has 3 nitrogen and oxygen atoms in total. The number of halogens is 2. The summed E-state index contributed by atoms with van der Waals surface area (Å²) in [6, 6.07) is 14.8. The highest BCUT2D eigenvalue weighted by Crippen LogP contribution is 2.46. The van der Waals surface area contributed by atoms with Gasteiger partial charge in [0.05, 0.1) is 0 Å². The second-order valence-electron chi connectivity index (χ2n) is 11.7. The number of benzene rings is 2. The van der Waals surface area contributed by atoms with Crippen LogP contribution in [0.15, 0.2) is 70.5 Å². The van der Waals surface area contributed by atoms with Crippen molar-refractivity contribution in [2.24, 2.45) is 5.92 Å². The van der Waals surface area contributed by atoms with Crippen LogP contribution >= 0.6 is 35.8 Å². The lowest BCUT2D eigenvalue weighted by molar-refractivity contribution is -0.137. The SMILES string of the molecule is CN(C)CCC=C1c2ccccc2Sc2ccc(Cl)cc21.Cl.O=C(O)CCCCCCCCCCCCC1C=CCC1. The van der Waals surface area contributed by atoms with Gasteiger partial charge in [-0.3, -0.25) is 4.79 Å². The number of hydrogen-bond donors (Lipinski definition) is 1. The Hall–Kier alpha value is -1.72. The Bertz CT molecular complexity index is 1130. The fourth-order valence-electron chi connectivity index (χ4n) is 5.56. The molecule has 232 valence electrons. The first kappa shape index (κ1) is 36.5. The third kappa shape index (κ3) is 13.7. The Kier molecular flexibility index (Phi) is 18.3. The Labute approximate surface area is 270 Å². The molecule has 0 radical (unpaired) electrons. The summed E-state index contributed by atoms with van der Waals surface area (Å²) in [5, 5.41) is 9.32. The summed E-state index contributed by atoms with van der Waals surface area (Å²) in [5.41, 5.74) is 3.88. The molecule has 1 N–H and O–H groups in total. The Morgan fingerprint density at radius 3 is 2.21 bits per heavy atom. The summed E-state index contributed by atoms with van der Waals surface area (Å²) in [4.78, 5) is 15.2. The number of carboxylic acid groups (broad SMARTS) is 1. The van der Waals surface area contributed by atoms with Crippen molar-refractivity contribution in [3.05, 3.63) is 76.8 Å². The monoisotopic (exact) mass is 631 g/mol. The third-order valence-electron chi connectivity index (χ3n) is 7.88. The second kappa shape index (κ2) is 21.1. The van der Waals surface area contributed by atoms with Crippen molar-refractivity contribution in [2.45, 2.75) is 106 Å². The molecule has 0 spiro atoms. The van der Waals surface area contributed by atoms with Crippen molar-refractivity contribution in [1.29, 1.82) is 0 Å². The molecular formula is C36H51Cl2NO2S. The van der Waals surface area contributed by atoms with Crippen molar-refractivity contribution in [2.75, 3.05) is 20.6 Å². The van der Waals surface area contributed by atoms with Gasteiger partial charge in [-0.2, -0.15) is 0 Å². The summed E-state index contributed by atoms with van der Waals surface area (Å²) in [5.74, 6) is 0.235. The van der Waals surface area contributed by atoms with Gasteiger partial charge in [-0.1, -0.05) is 118 Å². The first-order valence-electron chi connectivity index (χ1n) is 15.7. The molecule has 1 aliphatic heterocycles. The van der Waals surface area contributed by atoms with E-state index in [9.17, 15) is 4.79 Å². The quantitative estimate of drug-likeness (QED) is 0.126. The van der Waals surface area contributed by atoms with Crippen LogP contribution in [0.25, 0.3) is 5.57 Å². The van der Waals surface area contributed by atoms with Crippen molar-refractivity contribution < 1.29 is 9.90 Å². The lowest BCUT2D eigenvalue weighted by atomic mass is 9.96. The summed E-state index contributed by atoms with van der Waals surface area (Å²) >= 11 is 8.03. The number of fused-ring (bicyclic) bond motifs is 2. The smallest absolute Gasteiger partial charge is 0.303 e. The van der Waals surface area contributed by atoms with E-state index in [1.165, 1.54) is 97.1 Å². The van der Waals surface area contributed by atoms with Crippen LogP contribution in [0.3, 0.4) is 0 Å². The highest BCUT2D eigenvalue weighted by atomic mass is 35.5. The fourth-order valence-corrected chi connectivity index (χ4v) is 6.82. The molecule has 0 aromatic heterocycles. The van der Waals surface area contributed by atoms with Gasteiger partial charge in [0, 0.05) is 27.8 Å². The summed E-state index contributed by atoms with van der Waals surface area (Å²) in [6.45, 7) is 1.05. The average Bonchev–Trinajstić information content (AvgIpc) is 3.47. The van der Waals surface area contributed by atoms with Gasteiger partial charge in [0.2, 0.25) is 0 Å². The molecule has 42 heavy (non-hydrogen) atoms. The van der Waals surface area contributed by atoms with Crippen molar-refractivity contribution in [3.8, 4) is 0 Å². The second-order valence-corrected chi connectivity index (χ2v) is 13.2. The Morgan fingerprint density at radius 1 is 0.929 bits per heavy atom. The molecule has 2 aromatic rings. The van der Waals surface area contributed by atoms with Gasteiger partial charge < -0.3 is 10.0 Å². The number of carboxylic acids is 1. The van der Waals surface area contributed by atoms with E-state index in [0.29, 0.717) is 6.42 Å². The highest BCUT2D eigenvalue weighted by molar-refractivity contribution is 7.99. The van der Waals surface area contributed by atoms with Crippen LogP contribution in [-0.2, 0) is 4.79 Å². The third-order valence-corrected chi connectivity index (χ3v) is 9.27. The van der Waals surface area contributed by atoms with Gasteiger partial charge in [-0.15, -0.1) is 12.4 Å². The van der Waals surface area contributed by atoms with Gasteiger partial charge in [-0.25, -0.2) is 0 Å². The molecule has 4 rings (SSSR count). The minimum Gasteiger partial charge on any atom is -0.481 e. The number of aliphatic carboxylic acids is 1. The summed E-state index contributed by atoms with van der Waals surface area (Å²) in [7, 11) is 4.21. The van der Waals surface area contributed by atoms with Crippen molar-refractivity contribution >= 4 is 47.3 Å². The molecule has 0 fully saturated rings. The molecule has 2 aliphatic rings. The van der Waals surface area contributed by atoms with Gasteiger partial charge in [0.15, 0.2) is 0 Å². The maximum atomic E-state index is 10.3. The number of allylic oxidation sites excluding steroid dienone is 2. The minimum atomic E-state index is -0.655. The van der Waals surface area contributed by atoms with Crippen LogP contribution in [0.5, 0.6) is 0 Å². The standard InChI is InChI=1S/C18H18ClNS.C18H32O2.ClH/c1-20(2)11-5-7-14-15-6-3-4-8-17(15)21-18-10-9-13(19)12-16(14)18;19-18(20)16-10-8-6-4-2-1-3-5-7-9-13-17-14-11-12-15-17;/h3-4,6-10,12H,5,11H2,1-2H3;11,14,17H,1-10,12-13,15-16H2,(H,19,20);1H. The van der Waals surface area contributed by atoms with Crippen LogP contribution in [-0.4, -0.2) is 36.6 Å². The van der Waals surface area contributed by atoms with Crippen molar-refractivity contribution in [1.82, 2.24) is 4.90 Å². The normalized spacial score (nSPS) is 16.0. The minimum absolute atomic E-state index is 0. The molecule has 1 atom stereocenters. The Morgan fingerprint density at radius 2 is 1.57 bits per heavy atom. The zero-order valence-electron chi connectivity index (χ0n) is 25.7. The first-order valence-corrected chi connectivity index (χ1v) is 16.9. The number of hydrogen-bond acceptors (Lipinski definition) is 3. The predicted octanol–water partition coefficient (Wildman–Crippen LogP) is 11.3. The van der Waals surface area contributed by atoms with E-state index < -0.39 is 5.97 Å². The van der Waals surface area contributed by atoms with E-state index in [-0.39, 0.29) is 12.4 Å². The first-order chi connectivity index (χ1) is 19.9. The lowest BCUT2D eigenvalue weighted by Crippen LogP contribution is -2.12. The fraction of sp³-hybridized carbons (Fsp3) is 0.528. The zero-order valence-corrected chi connectivity index (χ0v) is 28.1. The maximum Gasteiger partial charge on any atom is 0.303 e. The van der Waals surface area contributed by atoms with Crippen LogP contribution < -0.4 is 0 Å². The number of carbonyl (C=O) groups is 1. The van der Waals surface area contributed by atoms with Crippen LogP contribution in [0, 0.1) is 5.92 Å². The van der Waals surface area contributed by atoms with E-state index in [1.54, 1.807) is 0 Å². The molecular weight excluding hydrogens is 581 g/mol. The van der Waals surface area contributed by atoms with Gasteiger partial charge >= 0.3 is 5.97 Å². The summed E-state index contributed by atoms with van der Waals surface area (Å²) < 4.78 is 0. The number of rotatable bonds is 16. The van der Waals surface area contributed by atoms with Crippen LogP contribution in [0.4, 0.5) is 0 Å². The van der Waals surface area contributed by atoms with Crippen LogP contribution in [0.1, 0.15) is 107 Å². The van der Waals surface area contributed by atoms with E-state index in [1.807, 2.05) is 17.8 Å². The topological polar surface area (TPSA) is 40.5 Å². The number of nitrogens with zero attached hydrogens (tertiary/aromatic N) is 1. The molecule has 0 saturated heterocycles. The molecule has 0 amide bonds. The largest absolute Gasteiger partial charge is 0.481 e.